The van der Waals surface area contributed by atoms with Gasteiger partial charge in [0, 0.05) is 18.0 Å². The fourth-order valence-corrected chi connectivity index (χ4v) is 6.16. The van der Waals surface area contributed by atoms with E-state index >= 15 is 0 Å². The van der Waals surface area contributed by atoms with Crippen molar-refractivity contribution in [3.05, 3.63) is 65.5 Å². The van der Waals surface area contributed by atoms with E-state index in [1.54, 1.807) is 0 Å². The molecule has 1 fully saturated rings. The van der Waals surface area contributed by atoms with E-state index in [1.807, 2.05) is 24.3 Å². The molecular weight excluding hydrogens is 440 g/mol. The lowest BCUT2D eigenvalue weighted by molar-refractivity contribution is 0.102. The highest BCUT2D eigenvalue weighted by atomic mass is 32.2. The number of para-hydroxylation sites is 1. The maximum atomic E-state index is 13.3. The number of hydrogen-bond donors (Lipinski definition) is 1. The van der Waals surface area contributed by atoms with Crippen LogP contribution in [0.1, 0.15) is 66.3 Å². The largest absolute Gasteiger partial charge is 0.408 e. The molecular formula is C24H26N4O4S. The van der Waals surface area contributed by atoms with Crippen molar-refractivity contribution in [3.8, 4) is 0 Å². The van der Waals surface area contributed by atoms with E-state index in [0.29, 0.717) is 18.0 Å². The molecule has 1 amide bonds. The Morgan fingerprint density at radius 1 is 0.970 bits per heavy atom. The van der Waals surface area contributed by atoms with Crippen LogP contribution in [0.25, 0.3) is 0 Å². The van der Waals surface area contributed by atoms with Gasteiger partial charge in [0.15, 0.2) is 0 Å². The lowest BCUT2D eigenvalue weighted by atomic mass is 9.89. The van der Waals surface area contributed by atoms with E-state index in [2.05, 4.69) is 15.5 Å². The summed E-state index contributed by atoms with van der Waals surface area (Å²) < 4.78 is 33.6. The molecule has 3 aromatic rings. The lowest BCUT2D eigenvalue weighted by Crippen LogP contribution is -2.35. The van der Waals surface area contributed by atoms with E-state index in [0.717, 1.165) is 49.8 Å². The monoisotopic (exact) mass is 466 g/mol. The van der Waals surface area contributed by atoms with Crippen molar-refractivity contribution in [3.63, 3.8) is 0 Å². The van der Waals surface area contributed by atoms with Gasteiger partial charge >= 0.3 is 6.01 Å². The molecule has 9 heteroatoms. The molecule has 0 saturated heterocycles. The molecule has 2 aromatic carbocycles. The van der Waals surface area contributed by atoms with Crippen LogP contribution in [-0.4, -0.2) is 31.1 Å². The zero-order valence-corrected chi connectivity index (χ0v) is 19.1. The SMILES string of the molecule is O=C(Nc1nnc(C2CCCCC2)o1)c1ccc(S(=O)(=O)N2CCCc3ccccc32)cc1. The Hall–Kier alpha value is -3.20. The summed E-state index contributed by atoms with van der Waals surface area (Å²) in [5, 5.41) is 10.6. The van der Waals surface area contributed by atoms with Crippen LogP contribution in [0.2, 0.25) is 0 Å². The minimum atomic E-state index is -3.73. The van der Waals surface area contributed by atoms with Crippen molar-refractivity contribution in [2.75, 3.05) is 16.2 Å². The van der Waals surface area contributed by atoms with Crippen LogP contribution in [-0.2, 0) is 16.4 Å². The van der Waals surface area contributed by atoms with E-state index < -0.39 is 15.9 Å². The molecule has 0 atom stereocenters. The van der Waals surface area contributed by atoms with Gasteiger partial charge in [0.2, 0.25) is 5.89 Å². The van der Waals surface area contributed by atoms with E-state index in [-0.39, 0.29) is 16.8 Å². The lowest BCUT2D eigenvalue weighted by Gasteiger charge is -2.30. The van der Waals surface area contributed by atoms with Gasteiger partial charge in [-0.2, -0.15) is 0 Å². The van der Waals surface area contributed by atoms with Crippen molar-refractivity contribution in [1.29, 1.82) is 0 Å². The number of amides is 1. The average molecular weight is 467 g/mol. The maximum Gasteiger partial charge on any atom is 0.322 e. The first-order chi connectivity index (χ1) is 16.0. The highest BCUT2D eigenvalue weighted by molar-refractivity contribution is 7.92. The molecule has 1 saturated carbocycles. The zero-order valence-electron chi connectivity index (χ0n) is 18.2. The van der Waals surface area contributed by atoms with Gasteiger partial charge in [0.25, 0.3) is 15.9 Å². The van der Waals surface area contributed by atoms with Crippen molar-refractivity contribution < 1.29 is 17.6 Å². The number of aromatic nitrogens is 2. The number of nitrogens with zero attached hydrogens (tertiary/aromatic N) is 3. The molecule has 2 aliphatic rings. The van der Waals surface area contributed by atoms with Crippen LogP contribution < -0.4 is 9.62 Å². The van der Waals surface area contributed by atoms with Crippen molar-refractivity contribution in [2.24, 2.45) is 0 Å². The standard InChI is InChI=1S/C24H26N4O4S/c29-22(25-24-27-26-23(32-24)19-8-2-1-3-9-19)18-12-14-20(15-13-18)33(30,31)28-16-6-10-17-7-4-5-11-21(17)28/h4-5,7,11-15,19H,1-3,6,8-10,16H2,(H,25,27,29). The first-order valence-corrected chi connectivity index (χ1v) is 12.8. The van der Waals surface area contributed by atoms with Crippen molar-refractivity contribution >= 4 is 27.6 Å². The number of sulfonamides is 1. The highest BCUT2D eigenvalue weighted by Crippen LogP contribution is 2.33. The highest BCUT2D eigenvalue weighted by Gasteiger charge is 2.29. The van der Waals surface area contributed by atoms with Gasteiger partial charge in [-0.1, -0.05) is 42.6 Å². The normalized spacial score (nSPS) is 16.9. The topological polar surface area (TPSA) is 105 Å². The molecule has 8 nitrogen and oxygen atoms in total. The zero-order chi connectivity index (χ0) is 22.8. The van der Waals surface area contributed by atoms with Crippen molar-refractivity contribution in [1.82, 2.24) is 10.2 Å². The summed E-state index contributed by atoms with van der Waals surface area (Å²) in [7, 11) is -3.73. The number of hydrogen-bond acceptors (Lipinski definition) is 6. The predicted octanol–water partition coefficient (Wildman–Crippen LogP) is 4.51. The molecule has 0 spiro atoms. The second-order valence-corrected chi connectivity index (χ2v) is 10.4. The molecule has 2 heterocycles. The van der Waals surface area contributed by atoms with Gasteiger partial charge < -0.3 is 4.42 Å². The van der Waals surface area contributed by atoms with Crippen LogP contribution in [0.15, 0.2) is 57.8 Å². The summed E-state index contributed by atoms with van der Waals surface area (Å²) in [4.78, 5) is 12.8. The smallest absolute Gasteiger partial charge is 0.322 e. The number of fused-ring (bicyclic) bond motifs is 1. The first kappa shape index (κ1) is 21.6. The number of rotatable bonds is 5. The predicted molar refractivity (Wildman–Crippen MR) is 124 cm³/mol. The average Bonchev–Trinajstić information content (AvgIpc) is 3.33. The molecule has 33 heavy (non-hydrogen) atoms. The summed E-state index contributed by atoms with van der Waals surface area (Å²) in [6.45, 7) is 0.433. The fraction of sp³-hybridized carbons (Fsp3) is 0.375. The van der Waals surface area contributed by atoms with E-state index in [1.165, 1.54) is 35.0 Å². The Balaban J connectivity index is 1.30. The van der Waals surface area contributed by atoms with Gasteiger partial charge in [0.05, 0.1) is 10.6 Å². The second-order valence-electron chi connectivity index (χ2n) is 8.57. The second kappa shape index (κ2) is 8.97. The van der Waals surface area contributed by atoms with Gasteiger partial charge in [-0.25, -0.2) is 8.42 Å². The fourth-order valence-electron chi connectivity index (χ4n) is 4.62. The quantitative estimate of drug-likeness (QED) is 0.593. The van der Waals surface area contributed by atoms with Crippen molar-refractivity contribution in [2.45, 2.75) is 55.8 Å². The first-order valence-electron chi connectivity index (χ1n) is 11.4. The summed E-state index contributed by atoms with van der Waals surface area (Å²) in [5.74, 6) is 0.385. The van der Waals surface area contributed by atoms with Gasteiger partial charge in [0.1, 0.15) is 0 Å². The Kier molecular flexibility index (Phi) is 5.88. The van der Waals surface area contributed by atoms with E-state index in [9.17, 15) is 13.2 Å². The number of carbonyl (C=O) groups excluding carboxylic acids is 1. The number of benzene rings is 2. The van der Waals surface area contributed by atoms with Gasteiger partial charge in [-0.15, -0.1) is 5.10 Å². The van der Waals surface area contributed by atoms with Crippen LogP contribution in [0.4, 0.5) is 11.7 Å². The number of carbonyl (C=O) groups is 1. The summed E-state index contributed by atoms with van der Waals surface area (Å²) in [6, 6.07) is 13.5. The molecule has 1 aliphatic heterocycles. The molecule has 1 aromatic heterocycles. The molecule has 172 valence electrons. The Bertz CT molecular complexity index is 1250. The molecule has 0 radical (unpaired) electrons. The number of nitrogens with one attached hydrogen (secondary N) is 1. The molecule has 0 unspecified atom stereocenters. The van der Waals surface area contributed by atoms with Crippen LogP contribution in [0, 0.1) is 0 Å². The summed E-state index contributed by atoms with van der Waals surface area (Å²) >= 11 is 0. The third kappa shape index (κ3) is 4.37. The van der Waals surface area contributed by atoms with Gasteiger partial charge in [-0.3, -0.25) is 14.4 Å². The van der Waals surface area contributed by atoms with Crippen LogP contribution in [0.3, 0.4) is 0 Å². The minimum absolute atomic E-state index is 0.0576. The summed E-state index contributed by atoms with van der Waals surface area (Å²) in [6.07, 6.45) is 7.19. The molecule has 1 N–H and O–H groups in total. The van der Waals surface area contributed by atoms with Crippen LogP contribution >= 0.6 is 0 Å². The number of anilines is 2. The minimum Gasteiger partial charge on any atom is -0.408 e. The Labute approximate surface area is 193 Å². The Morgan fingerprint density at radius 2 is 1.73 bits per heavy atom. The molecule has 1 aliphatic carbocycles. The van der Waals surface area contributed by atoms with Crippen LogP contribution in [0.5, 0.6) is 0 Å². The maximum absolute atomic E-state index is 13.3. The Morgan fingerprint density at radius 3 is 2.52 bits per heavy atom. The molecule has 5 rings (SSSR count). The number of aryl methyl sites for hydroxylation is 1. The van der Waals surface area contributed by atoms with E-state index in [4.69, 9.17) is 4.42 Å². The third-order valence-corrected chi connectivity index (χ3v) is 8.22. The molecule has 0 bridgehead atoms. The summed E-state index contributed by atoms with van der Waals surface area (Å²) in [5.41, 5.74) is 2.05. The van der Waals surface area contributed by atoms with Gasteiger partial charge in [-0.05, 0) is 61.6 Å². The third-order valence-electron chi connectivity index (χ3n) is 6.39.